The molecule has 0 heterocycles. The number of benzene rings is 3. The lowest BCUT2D eigenvalue weighted by Crippen LogP contribution is -2.14. The van der Waals surface area contributed by atoms with E-state index in [4.69, 9.17) is 14.2 Å². The Bertz CT molecular complexity index is 1370. The van der Waals surface area contributed by atoms with Crippen molar-refractivity contribution in [1.29, 1.82) is 5.26 Å². The first-order valence-electron chi connectivity index (χ1n) is 10.3. The van der Waals surface area contributed by atoms with E-state index in [1.165, 1.54) is 44.6 Å². The SMILES string of the molecule is COc1ccc([N+](=O)[O-])cc1NC(=O)/C(C#N)=C/c1cc(I)c(OCc2ccc(F)cc2)c(OC)c1. The zero-order valence-electron chi connectivity index (χ0n) is 19.1. The third-order valence-electron chi connectivity index (χ3n) is 4.87. The molecule has 11 heteroatoms. The first-order chi connectivity index (χ1) is 17.2. The standard InChI is InChI=1S/C25H19FIN3O6/c1-34-22-8-7-19(30(32)33)12-21(22)29-25(31)17(13-28)9-16-10-20(27)24(23(11-16)35-2)36-14-15-3-5-18(26)6-4-15/h3-12H,14H2,1-2H3,(H,29,31)/b17-9+. The number of ether oxygens (including phenoxy) is 3. The summed E-state index contributed by atoms with van der Waals surface area (Å²) in [5, 5.41) is 23.1. The fourth-order valence-corrected chi connectivity index (χ4v) is 3.89. The second-order valence-electron chi connectivity index (χ2n) is 7.21. The molecule has 0 atom stereocenters. The number of nitriles is 1. The number of carbonyl (C=O) groups is 1. The summed E-state index contributed by atoms with van der Waals surface area (Å²) in [5.41, 5.74) is 0.807. The molecule has 0 radical (unpaired) electrons. The molecule has 0 unspecified atom stereocenters. The van der Waals surface area contributed by atoms with Gasteiger partial charge in [-0.2, -0.15) is 5.26 Å². The zero-order valence-corrected chi connectivity index (χ0v) is 21.2. The maximum absolute atomic E-state index is 13.1. The number of nitrogens with zero attached hydrogens (tertiary/aromatic N) is 2. The highest BCUT2D eigenvalue weighted by atomic mass is 127. The Hall–Kier alpha value is -4.18. The Labute approximate surface area is 219 Å². The molecule has 0 aliphatic carbocycles. The molecule has 3 rings (SSSR count). The molecule has 3 aromatic rings. The van der Waals surface area contributed by atoms with Gasteiger partial charge in [0.05, 0.1) is 28.4 Å². The Morgan fingerprint density at radius 2 is 1.83 bits per heavy atom. The molecule has 1 amide bonds. The van der Waals surface area contributed by atoms with Gasteiger partial charge in [0.1, 0.15) is 29.8 Å². The van der Waals surface area contributed by atoms with Crippen LogP contribution in [0.5, 0.6) is 17.2 Å². The molecule has 0 bridgehead atoms. The lowest BCUT2D eigenvalue weighted by atomic mass is 10.1. The monoisotopic (exact) mass is 603 g/mol. The van der Waals surface area contributed by atoms with Crippen LogP contribution in [0.15, 0.2) is 60.2 Å². The predicted octanol–water partition coefficient (Wildman–Crippen LogP) is 5.48. The van der Waals surface area contributed by atoms with E-state index in [0.717, 1.165) is 11.6 Å². The summed E-state index contributed by atoms with van der Waals surface area (Å²) in [5.74, 6) is -0.104. The molecule has 3 aromatic carbocycles. The molecule has 0 spiro atoms. The van der Waals surface area contributed by atoms with Crippen LogP contribution in [0, 0.1) is 30.8 Å². The van der Waals surface area contributed by atoms with Crippen LogP contribution >= 0.6 is 22.6 Å². The van der Waals surface area contributed by atoms with Crippen molar-refractivity contribution in [1.82, 2.24) is 0 Å². The van der Waals surface area contributed by atoms with Gasteiger partial charge in [0.25, 0.3) is 11.6 Å². The van der Waals surface area contributed by atoms with Crippen molar-refractivity contribution in [2.24, 2.45) is 0 Å². The molecule has 0 aliphatic rings. The van der Waals surface area contributed by atoms with Crippen LogP contribution in [0.3, 0.4) is 0 Å². The van der Waals surface area contributed by atoms with E-state index in [1.807, 2.05) is 28.7 Å². The minimum absolute atomic E-state index is 0.0505. The molecule has 1 N–H and O–H groups in total. The van der Waals surface area contributed by atoms with Crippen molar-refractivity contribution in [3.05, 3.63) is 90.8 Å². The summed E-state index contributed by atoms with van der Waals surface area (Å²) in [6.45, 7) is 0.179. The molecule has 36 heavy (non-hydrogen) atoms. The number of non-ortho nitro benzene ring substituents is 1. The van der Waals surface area contributed by atoms with Crippen LogP contribution in [-0.2, 0) is 11.4 Å². The Morgan fingerprint density at radius 1 is 1.14 bits per heavy atom. The Balaban J connectivity index is 1.85. The van der Waals surface area contributed by atoms with E-state index in [1.54, 1.807) is 24.3 Å². The zero-order chi connectivity index (χ0) is 26.2. The fourth-order valence-electron chi connectivity index (χ4n) is 3.11. The van der Waals surface area contributed by atoms with Gasteiger partial charge < -0.3 is 19.5 Å². The summed E-state index contributed by atoms with van der Waals surface area (Å²) in [6.07, 6.45) is 1.35. The first kappa shape index (κ1) is 26.4. The average Bonchev–Trinajstić information content (AvgIpc) is 2.87. The second kappa shape index (κ2) is 12.0. The van der Waals surface area contributed by atoms with Crippen LogP contribution in [-0.4, -0.2) is 25.1 Å². The normalized spacial score (nSPS) is 10.8. The van der Waals surface area contributed by atoms with Gasteiger partial charge in [-0.15, -0.1) is 0 Å². The van der Waals surface area contributed by atoms with Crippen LogP contribution in [0.2, 0.25) is 0 Å². The number of nitrogens with one attached hydrogen (secondary N) is 1. The minimum Gasteiger partial charge on any atom is -0.495 e. The van der Waals surface area contributed by atoms with Crippen molar-refractivity contribution in [2.45, 2.75) is 6.61 Å². The number of methoxy groups -OCH3 is 2. The molecular weight excluding hydrogens is 584 g/mol. The van der Waals surface area contributed by atoms with Gasteiger partial charge in [-0.05, 0) is 70.1 Å². The van der Waals surface area contributed by atoms with Crippen molar-refractivity contribution in [3.8, 4) is 23.3 Å². The summed E-state index contributed by atoms with van der Waals surface area (Å²) in [7, 11) is 2.81. The van der Waals surface area contributed by atoms with Gasteiger partial charge >= 0.3 is 0 Å². The average molecular weight is 603 g/mol. The van der Waals surface area contributed by atoms with Crippen molar-refractivity contribution < 1.29 is 28.3 Å². The van der Waals surface area contributed by atoms with Gasteiger partial charge in [0.2, 0.25) is 0 Å². The molecule has 0 saturated carbocycles. The van der Waals surface area contributed by atoms with E-state index >= 15 is 0 Å². The molecule has 9 nitrogen and oxygen atoms in total. The van der Waals surface area contributed by atoms with Crippen LogP contribution in [0.4, 0.5) is 15.8 Å². The van der Waals surface area contributed by atoms with Crippen LogP contribution < -0.4 is 19.5 Å². The third kappa shape index (κ3) is 6.48. The second-order valence-corrected chi connectivity index (χ2v) is 8.38. The highest BCUT2D eigenvalue weighted by molar-refractivity contribution is 14.1. The first-order valence-corrected chi connectivity index (χ1v) is 11.3. The van der Waals surface area contributed by atoms with Gasteiger partial charge in [0, 0.05) is 12.1 Å². The largest absolute Gasteiger partial charge is 0.495 e. The molecule has 0 saturated heterocycles. The predicted molar refractivity (Wildman–Crippen MR) is 138 cm³/mol. The maximum atomic E-state index is 13.1. The van der Waals surface area contributed by atoms with E-state index in [0.29, 0.717) is 20.6 Å². The topological polar surface area (TPSA) is 124 Å². The number of rotatable bonds is 9. The van der Waals surface area contributed by atoms with Gasteiger partial charge in [-0.25, -0.2) is 4.39 Å². The highest BCUT2D eigenvalue weighted by Gasteiger charge is 2.17. The number of nitro groups is 1. The number of hydrogen-bond acceptors (Lipinski definition) is 7. The summed E-state index contributed by atoms with van der Waals surface area (Å²) in [6, 6.07) is 14.8. The van der Waals surface area contributed by atoms with Crippen LogP contribution in [0.25, 0.3) is 6.08 Å². The number of nitro benzene ring substituents is 1. The van der Waals surface area contributed by atoms with E-state index < -0.39 is 10.8 Å². The number of carbonyl (C=O) groups excluding carboxylic acids is 1. The van der Waals surface area contributed by atoms with Crippen molar-refractivity contribution in [2.75, 3.05) is 19.5 Å². The lowest BCUT2D eigenvalue weighted by molar-refractivity contribution is -0.384. The smallest absolute Gasteiger partial charge is 0.271 e. The van der Waals surface area contributed by atoms with Crippen molar-refractivity contribution >= 4 is 45.9 Å². The highest BCUT2D eigenvalue weighted by Crippen LogP contribution is 2.35. The minimum atomic E-state index is -0.776. The molecule has 0 fully saturated rings. The molecule has 0 aromatic heterocycles. The van der Waals surface area contributed by atoms with Gasteiger partial charge in [-0.3, -0.25) is 14.9 Å². The third-order valence-corrected chi connectivity index (χ3v) is 5.67. The molecule has 0 aliphatic heterocycles. The van der Waals surface area contributed by atoms with Gasteiger partial charge in [0.15, 0.2) is 11.5 Å². The molecule has 184 valence electrons. The molecular formula is C25H19FIN3O6. The van der Waals surface area contributed by atoms with Crippen LogP contribution in [0.1, 0.15) is 11.1 Å². The number of anilines is 1. The number of hydrogen-bond donors (Lipinski definition) is 1. The van der Waals surface area contributed by atoms with E-state index in [9.17, 15) is 24.6 Å². The number of amides is 1. The summed E-state index contributed by atoms with van der Waals surface area (Å²) >= 11 is 2.04. The lowest BCUT2D eigenvalue weighted by Gasteiger charge is -2.14. The van der Waals surface area contributed by atoms with E-state index in [2.05, 4.69) is 5.32 Å². The summed E-state index contributed by atoms with van der Waals surface area (Å²) in [4.78, 5) is 23.2. The van der Waals surface area contributed by atoms with E-state index in [-0.39, 0.29) is 35.1 Å². The van der Waals surface area contributed by atoms with Gasteiger partial charge in [-0.1, -0.05) is 12.1 Å². The van der Waals surface area contributed by atoms with Crippen molar-refractivity contribution in [3.63, 3.8) is 0 Å². The Morgan fingerprint density at radius 3 is 2.44 bits per heavy atom. The summed E-state index contributed by atoms with van der Waals surface area (Å²) < 4.78 is 30.2. The maximum Gasteiger partial charge on any atom is 0.271 e. The Kier molecular flexibility index (Phi) is 8.80. The quantitative estimate of drug-likeness (QED) is 0.113. The number of halogens is 2. The fraction of sp³-hybridized carbons (Fsp3) is 0.120.